The fourth-order valence-corrected chi connectivity index (χ4v) is 2.78. The second-order valence-electron chi connectivity index (χ2n) is 6.32. The normalized spacial score (nSPS) is 12.4. The number of ether oxygens (including phenoxy) is 1. The first-order chi connectivity index (χ1) is 13.7. The van der Waals surface area contributed by atoms with E-state index in [0.29, 0.717) is 17.1 Å². The van der Waals surface area contributed by atoms with Gasteiger partial charge in [-0.15, -0.1) is 0 Å². The number of rotatable bonds is 6. The number of fused-ring (bicyclic) bond motifs is 1. The van der Waals surface area contributed by atoms with Gasteiger partial charge < -0.3 is 15.2 Å². The number of nitrogens with one attached hydrogen (secondary N) is 1. The molecule has 29 heavy (non-hydrogen) atoms. The maximum absolute atomic E-state index is 12.4. The van der Waals surface area contributed by atoms with Crippen LogP contribution in [0.25, 0.3) is 10.8 Å². The van der Waals surface area contributed by atoms with Gasteiger partial charge in [0.1, 0.15) is 17.5 Å². The Labute approximate surface area is 163 Å². The van der Waals surface area contributed by atoms with Gasteiger partial charge in [-0.2, -0.15) is 13.2 Å². The molecule has 3 aromatic rings. The van der Waals surface area contributed by atoms with Crippen molar-refractivity contribution >= 4 is 22.6 Å². The number of hydrogen-bond acceptors (Lipinski definition) is 3. The second kappa shape index (κ2) is 8.22. The van der Waals surface area contributed by atoms with Crippen LogP contribution in [0.5, 0.6) is 11.5 Å². The number of halogens is 3. The molecule has 0 fully saturated rings. The van der Waals surface area contributed by atoms with Crippen molar-refractivity contribution in [2.75, 3.05) is 0 Å². The van der Waals surface area contributed by atoms with Crippen molar-refractivity contribution in [2.45, 2.75) is 18.6 Å². The van der Waals surface area contributed by atoms with Crippen LogP contribution in [-0.2, 0) is 16.0 Å². The summed E-state index contributed by atoms with van der Waals surface area (Å²) in [5.41, 5.74) is 0.401. The van der Waals surface area contributed by atoms with E-state index in [1.807, 2.05) is 36.4 Å². The number of carboxylic acids is 1. The quantitative estimate of drug-likeness (QED) is 0.643. The molecule has 2 N–H and O–H groups in total. The van der Waals surface area contributed by atoms with Gasteiger partial charge in [0.25, 0.3) is 0 Å². The highest BCUT2D eigenvalue weighted by Crippen LogP contribution is 2.26. The molecule has 0 saturated heterocycles. The van der Waals surface area contributed by atoms with Gasteiger partial charge in [0.05, 0.1) is 0 Å². The summed E-state index contributed by atoms with van der Waals surface area (Å²) in [6.07, 6.45) is -5.49. The third-order valence-corrected chi connectivity index (χ3v) is 4.16. The Morgan fingerprint density at radius 2 is 1.62 bits per heavy atom. The van der Waals surface area contributed by atoms with Crippen LogP contribution >= 0.6 is 0 Å². The maximum atomic E-state index is 12.4. The van der Waals surface area contributed by atoms with Gasteiger partial charge in [0, 0.05) is 6.42 Å². The third-order valence-electron chi connectivity index (χ3n) is 4.16. The van der Waals surface area contributed by atoms with Crippen molar-refractivity contribution in [3.63, 3.8) is 0 Å². The lowest BCUT2D eigenvalue weighted by atomic mass is 10.1. The highest BCUT2D eigenvalue weighted by molar-refractivity contribution is 5.87. The highest BCUT2D eigenvalue weighted by Gasteiger charge is 2.40. The monoisotopic (exact) mass is 403 g/mol. The summed E-state index contributed by atoms with van der Waals surface area (Å²) in [6.45, 7) is 0. The number of carbonyl (C=O) groups is 2. The molecule has 0 radical (unpaired) electrons. The average Bonchev–Trinajstić information content (AvgIpc) is 2.67. The summed E-state index contributed by atoms with van der Waals surface area (Å²) >= 11 is 0. The van der Waals surface area contributed by atoms with E-state index in [0.717, 1.165) is 10.8 Å². The minimum Gasteiger partial charge on any atom is -0.480 e. The molecule has 0 aliphatic heterocycles. The molecular weight excluding hydrogens is 387 g/mol. The predicted molar refractivity (Wildman–Crippen MR) is 99.8 cm³/mol. The van der Waals surface area contributed by atoms with Crippen molar-refractivity contribution in [1.29, 1.82) is 0 Å². The zero-order valence-electron chi connectivity index (χ0n) is 14.9. The molecule has 0 aromatic heterocycles. The SMILES string of the molecule is O=C(O)[C@H](Cc1cccc(Oc2ccc3ccccc3c2)c1)NC(=O)C(F)(F)F. The van der Waals surface area contributed by atoms with Crippen molar-refractivity contribution in [3.8, 4) is 11.5 Å². The summed E-state index contributed by atoms with van der Waals surface area (Å²) in [4.78, 5) is 22.3. The first-order valence-electron chi connectivity index (χ1n) is 8.58. The topological polar surface area (TPSA) is 75.6 Å². The molecule has 0 heterocycles. The smallest absolute Gasteiger partial charge is 0.471 e. The molecule has 0 bridgehead atoms. The number of alkyl halides is 3. The number of carboxylic acid groups (broad SMARTS) is 1. The van der Waals surface area contributed by atoms with E-state index >= 15 is 0 Å². The van der Waals surface area contributed by atoms with E-state index in [-0.39, 0.29) is 6.42 Å². The van der Waals surface area contributed by atoms with Crippen molar-refractivity contribution in [2.24, 2.45) is 0 Å². The van der Waals surface area contributed by atoms with E-state index in [1.165, 1.54) is 11.4 Å². The fraction of sp³-hybridized carbons (Fsp3) is 0.143. The van der Waals surface area contributed by atoms with E-state index in [9.17, 15) is 22.8 Å². The first-order valence-corrected chi connectivity index (χ1v) is 8.58. The molecule has 1 amide bonds. The van der Waals surface area contributed by atoms with Crippen LogP contribution in [0.3, 0.4) is 0 Å². The Balaban J connectivity index is 1.75. The Hall–Kier alpha value is -3.55. The Morgan fingerprint density at radius 1 is 0.931 bits per heavy atom. The molecule has 0 aliphatic carbocycles. The molecule has 0 saturated carbocycles. The Morgan fingerprint density at radius 3 is 2.31 bits per heavy atom. The van der Waals surface area contributed by atoms with Crippen LogP contribution in [0.2, 0.25) is 0 Å². The molecule has 3 aromatic carbocycles. The lowest BCUT2D eigenvalue weighted by Crippen LogP contribution is -2.47. The third kappa shape index (κ3) is 5.25. The first kappa shape index (κ1) is 20.2. The molecule has 3 rings (SSSR count). The molecule has 8 heteroatoms. The molecule has 0 unspecified atom stereocenters. The summed E-state index contributed by atoms with van der Waals surface area (Å²) in [5.74, 6) is -2.91. The minimum atomic E-state index is -5.16. The number of benzene rings is 3. The summed E-state index contributed by atoms with van der Waals surface area (Å²) in [6, 6.07) is 17.8. The average molecular weight is 403 g/mol. The van der Waals surface area contributed by atoms with E-state index < -0.39 is 24.1 Å². The van der Waals surface area contributed by atoms with E-state index in [4.69, 9.17) is 9.84 Å². The van der Waals surface area contributed by atoms with Gasteiger partial charge in [-0.1, -0.05) is 42.5 Å². The predicted octanol–water partition coefficient (Wildman–Crippen LogP) is 4.31. The van der Waals surface area contributed by atoms with Gasteiger partial charge in [-0.05, 0) is 40.6 Å². The molecule has 150 valence electrons. The standard InChI is InChI=1S/C21H16F3NO4/c22-21(23,24)20(28)25-18(19(26)27)11-13-4-3-7-16(10-13)29-17-9-8-14-5-1-2-6-15(14)12-17/h1-10,12,18H,11H2,(H,25,28)(H,26,27)/t18-/m0/s1. The lowest BCUT2D eigenvalue weighted by Gasteiger charge is -2.16. The van der Waals surface area contributed by atoms with Gasteiger partial charge in [0.15, 0.2) is 0 Å². The van der Waals surface area contributed by atoms with Gasteiger partial charge in [-0.3, -0.25) is 4.79 Å². The largest absolute Gasteiger partial charge is 0.480 e. The number of hydrogen-bond donors (Lipinski definition) is 2. The summed E-state index contributed by atoms with van der Waals surface area (Å²) < 4.78 is 43.0. The maximum Gasteiger partial charge on any atom is 0.471 e. The zero-order chi connectivity index (χ0) is 21.0. The number of aliphatic carboxylic acids is 1. The molecule has 1 atom stereocenters. The number of amides is 1. The van der Waals surface area contributed by atoms with Crippen LogP contribution in [0, 0.1) is 0 Å². The van der Waals surface area contributed by atoms with Gasteiger partial charge in [0.2, 0.25) is 0 Å². The van der Waals surface area contributed by atoms with Crippen LogP contribution in [0.4, 0.5) is 13.2 Å². The molecular formula is C21H16F3NO4. The van der Waals surface area contributed by atoms with Crippen LogP contribution in [0.1, 0.15) is 5.56 Å². The Kier molecular flexibility index (Phi) is 5.72. The van der Waals surface area contributed by atoms with Crippen LogP contribution < -0.4 is 10.1 Å². The molecule has 0 spiro atoms. The van der Waals surface area contributed by atoms with Crippen molar-refractivity contribution < 1.29 is 32.6 Å². The van der Waals surface area contributed by atoms with E-state index in [1.54, 1.807) is 24.3 Å². The summed E-state index contributed by atoms with van der Waals surface area (Å²) in [5, 5.41) is 12.6. The number of carbonyl (C=O) groups excluding carboxylic acids is 1. The van der Waals surface area contributed by atoms with Gasteiger partial charge >= 0.3 is 18.1 Å². The minimum absolute atomic E-state index is 0.327. The fourth-order valence-electron chi connectivity index (χ4n) is 2.78. The zero-order valence-corrected chi connectivity index (χ0v) is 14.9. The second-order valence-corrected chi connectivity index (χ2v) is 6.32. The Bertz CT molecular complexity index is 1050. The highest BCUT2D eigenvalue weighted by atomic mass is 19.4. The van der Waals surface area contributed by atoms with Gasteiger partial charge in [-0.25, -0.2) is 4.79 Å². The van der Waals surface area contributed by atoms with Crippen molar-refractivity contribution in [1.82, 2.24) is 5.32 Å². The van der Waals surface area contributed by atoms with Crippen molar-refractivity contribution in [3.05, 3.63) is 72.3 Å². The molecule has 5 nitrogen and oxygen atoms in total. The van der Waals surface area contributed by atoms with Crippen LogP contribution in [0.15, 0.2) is 66.7 Å². The molecule has 0 aliphatic rings. The van der Waals surface area contributed by atoms with E-state index in [2.05, 4.69) is 0 Å². The lowest BCUT2D eigenvalue weighted by molar-refractivity contribution is -0.175. The van der Waals surface area contributed by atoms with Crippen LogP contribution in [-0.4, -0.2) is 29.2 Å². The summed E-state index contributed by atoms with van der Waals surface area (Å²) in [7, 11) is 0.